The van der Waals surface area contributed by atoms with E-state index < -0.39 is 6.04 Å². The third kappa shape index (κ3) is 4.24. The Morgan fingerprint density at radius 1 is 1.17 bits per heavy atom. The van der Waals surface area contributed by atoms with Gasteiger partial charge < -0.3 is 15.5 Å². The lowest BCUT2D eigenvalue weighted by molar-refractivity contribution is -0.121. The van der Waals surface area contributed by atoms with Gasteiger partial charge in [-0.1, -0.05) is 32.0 Å². The molecule has 1 heterocycles. The van der Waals surface area contributed by atoms with Crippen molar-refractivity contribution in [1.29, 1.82) is 0 Å². The van der Waals surface area contributed by atoms with E-state index in [4.69, 9.17) is 0 Å². The third-order valence-corrected chi connectivity index (χ3v) is 3.86. The Bertz CT molecular complexity index is 590. The first-order valence-electron chi connectivity index (χ1n) is 8.17. The van der Waals surface area contributed by atoms with E-state index in [0.29, 0.717) is 6.54 Å². The van der Waals surface area contributed by atoms with E-state index in [-0.39, 0.29) is 23.4 Å². The highest BCUT2D eigenvalue weighted by atomic mass is 16.2. The van der Waals surface area contributed by atoms with Crippen molar-refractivity contribution in [3.8, 4) is 0 Å². The monoisotopic (exact) mass is 317 g/mol. The predicted octanol–water partition coefficient (Wildman–Crippen LogP) is 2.70. The highest BCUT2D eigenvalue weighted by Crippen LogP contribution is 2.28. The molecule has 5 heteroatoms. The number of anilines is 1. The molecule has 0 aliphatic carbocycles. The van der Waals surface area contributed by atoms with E-state index in [1.807, 2.05) is 58.9 Å². The fourth-order valence-corrected chi connectivity index (χ4v) is 2.77. The lowest BCUT2D eigenvalue weighted by Gasteiger charge is -2.29. The average molecular weight is 317 g/mol. The van der Waals surface area contributed by atoms with Crippen molar-refractivity contribution in [3.05, 3.63) is 29.8 Å². The van der Waals surface area contributed by atoms with Crippen molar-refractivity contribution in [2.75, 3.05) is 11.4 Å². The summed E-state index contributed by atoms with van der Waals surface area (Å²) in [4.78, 5) is 26.9. The molecular formula is C18H27N3O2. The Kier molecular flexibility index (Phi) is 4.97. The first kappa shape index (κ1) is 17.3. The van der Waals surface area contributed by atoms with E-state index in [2.05, 4.69) is 10.6 Å². The van der Waals surface area contributed by atoms with Crippen molar-refractivity contribution in [3.63, 3.8) is 0 Å². The fourth-order valence-electron chi connectivity index (χ4n) is 2.77. The molecule has 23 heavy (non-hydrogen) atoms. The lowest BCUT2D eigenvalue weighted by Crippen LogP contribution is -2.56. The van der Waals surface area contributed by atoms with Crippen LogP contribution in [0.3, 0.4) is 0 Å². The molecule has 0 unspecified atom stereocenters. The summed E-state index contributed by atoms with van der Waals surface area (Å²) in [6.07, 6.45) is 0.862. The summed E-state index contributed by atoms with van der Waals surface area (Å²) in [6.45, 7) is 10.3. The minimum Gasteiger partial charge on any atom is -0.334 e. The topological polar surface area (TPSA) is 61.4 Å². The van der Waals surface area contributed by atoms with Gasteiger partial charge in [0.15, 0.2) is 0 Å². The van der Waals surface area contributed by atoms with Gasteiger partial charge in [-0.3, -0.25) is 4.79 Å². The van der Waals surface area contributed by atoms with Gasteiger partial charge in [0, 0.05) is 17.8 Å². The number of para-hydroxylation sites is 1. The molecule has 0 saturated heterocycles. The number of amides is 3. The van der Waals surface area contributed by atoms with Gasteiger partial charge in [-0.25, -0.2) is 4.79 Å². The summed E-state index contributed by atoms with van der Waals surface area (Å²) in [5.74, 6) is -0.0324. The molecule has 1 aromatic rings. The van der Waals surface area contributed by atoms with Gasteiger partial charge in [-0.05, 0) is 44.7 Å². The fraction of sp³-hybridized carbons (Fsp3) is 0.556. The molecule has 2 rings (SSSR count). The molecule has 3 amide bonds. The molecule has 0 bridgehead atoms. The maximum absolute atomic E-state index is 12.9. The van der Waals surface area contributed by atoms with Crippen LogP contribution in [0.4, 0.5) is 10.5 Å². The summed E-state index contributed by atoms with van der Waals surface area (Å²) in [6, 6.07) is 7.09. The summed E-state index contributed by atoms with van der Waals surface area (Å²) in [7, 11) is 0. The molecule has 0 fully saturated rings. The lowest BCUT2D eigenvalue weighted by atomic mass is 10.0. The van der Waals surface area contributed by atoms with Crippen LogP contribution < -0.4 is 15.5 Å². The highest BCUT2D eigenvalue weighted by Gasteiger charge is 2.33. The maximum atomic E-state index is 12.9. The first-order valence-corrected chi connectivity index (χ1v) is 8.17. The SMILES string of the molecule is CC(C)[C@@H](NC(=O)NC(C)(C)C)C(=O)N1CCc2ccccc21. The molecule has 126 valence electrons. The van der Waals surface area contributed by atoms with Gasteiger partial charge in [0.05, 0.1) is 0 Å². The second-order valence-corrected chi connectivity index (χ2v) is 7.44. The minimum atomic E-state index is -0.538. The molecule has 0 saturated carbocycles. The number of nitrogens with zero attached hydrogens (tertiary/aromatic N) is 1. The van der Waals surface area contributed by atoms with Gasteiger partial charge in [0.25, 0.3) is 0 Å². The van der Waals surface area contributed by atoms with Gasteiger partial charge >= 0.3 is 6.03 Å². The van der Waals surface area contributed by atoms with E-state index in [1.54, 1.807) is 4.90 Å². The van der Waals surface area contributed by atoms with Crippen LogP contribution in [0.5, 0.6) is 0 Å². The van der Waals surface area contributed by atoms with Crippen molar-refractivity contribution < 1.29 is 9.59 Å². The number of benzene rings is 1. The highest BCUT2D eigenvalue weighted by molar-refractivity contribution is 6.00. The number of hydrogen-bond donors (Lipinski definition) is 2. The van der Waals surface area contributed by atoms with Crippen LogP contribution in [0.15, 0.2) is 24.3 Å². The molecule has 1 aliphatic rings. The van der Waals surface area contributed by atoms with Gasteiger partial charge in [0.2, 0.25) is 5.91 Å². The summed E-state index contributed by atoms with van der Waals surface area (Å²) in [5.41, 5.74) is 1.80. The molecule has 1 atom stereocenters. The van der Waals surface area contributed by atoms with Crippen LogP contribution in [-0.2, 0) is 11.2 Å². The van der Waals surface area contributed by atoms with Crippen LogP contribution in [0.2, 0.25) is 0 Å². The van der Waals surface area contributed by atoms with Crippen molar-refractivity contribution in [2.45, 2.75) is 52.6 Å². The Labute approximate surface area is 138 Å². The molecule has 0 aromatic heterocycles. The number of nitrogens with one attached hydrogen (secondary N) is 2. The van der Waals surface area contributed by atoms with Crippen LogP contribution in [-0.4, -0.2) is 30.1 Å². The summed E-state index contributed by atoms with van der Waals surface area (Å²) in [5, 5.41) is 5.69. The van der Waals surface area contributed by atoms with E-state index >= 15 is 0 Å². The van der Waals surface area contributed by atoms with Gasteiger partial charge in [-0.15, -0.1) is 0 Å². The maximum Gasteiger partial charge on any atom is 0.315 e. The molecule has 0 radical (unpaired) electrons. The smallest absolute Gasteiger partial charge is 0.315 e. The van der Waals surface area contributed by atoms with E-state index in [1.165, 1.54) is 5.56 Å². The zero-order chi connectivity index (χ0) is 17.2. The largest absolute Gasteiger partial charge is 0.334 e. The Balaban J connectivity index is 2.13. The second-order valence-electron chi connectivity index (χ2n) is 7.44. The van der Waals surface area contributed by atoms with Crippen LogP contribution in [0.25, 0.3) is 0 Å². The predicted molar refractivity (Wildman–Crippen MR) is 92.5 cm³/mol. The Morgan fingerprint density at radius 2 is 1.83 bits per heavy atom. The van der Waals surface area contributed by atoms with Crippen LogP contribution >= 0.6 is 0 Å². The quantitative estimate of drug-likeness (QED) is 0.900. The van der Waals surface area contributed by atoms with Gasteiger partial charge in [-0.2, -0.15) is 0 Å². The molecule has 1 aliphatic heterocycles. The summed E-state index contributed by atoms with van der Waals surface area (Å²) < 4.78 is 0. The Hall–Kier alpha value is -2.04. The van der Waals surface area contributed by atoms with E-state index in [0.717, 1.165) is 12.1 Å². The van der Waals surface area contributed by atoms with E-state index in [9.17, 15) is 9.59 Å². The molecule has 0 spiro atoms. The summed E-state index contributed by atoms with van der Waals surface area (Å²) >= 11 is 0. The van der Waals surface area contributed by atoms with Crippen molar-refractivity contribution >= 4 is 17.6 Å². The van der Waals surface area contributed by atoms with Crippen molar-refractivity contribution in [2.24, 2.45) is 5.92 Å². The average Bonchev–Trinajstić information content (AvgIpc) is 2.85. The molecule has 2 N–H and O–H groups in total. The number of carbonyl (C=O) groups excluding carboxylic acids is 2. The number of carbonyl (C=O) groups is 2. The molecule has 5 nitrogen and oxygen atoms in total. The molecular weight excluding hydrogens is 290 g/mol. The van der Waals surface area contributed by atoms with Crippen LogP contribution in [0.1, 0.15) is 40.2 Å². The number of urea groups is 1. The van der Waals surface area contributed by atoms with Crippen LogP contribution in [0, 0.1) is 5.92 Å². The molecule has 1 aromatic carbocycles. The zero-order valence-corrected chi connectivity index (χ0v) is 14.6. The van der Waals surface area contributed by atoms with Gasteiger partial charge in [0.1, 0.15) is 6.04 Å². The minimum absolute atomic E-state index is 0.0148. The standard InChI is InChI=1S/C18H27N3O2/c1-12(2)15(19-17(23)20-18(3,4)5)16(22)21-11-10-13-8-6-7-9-14(13)21/h6-9,12,15H,10-11H2,1-5H3,(H2,19,20,23)/t15-/m1/s1. The normalized spacial score (nSPS) is 15.3. The number of hydrogen-bond acceptors (Lipinski definition) is 2. The Morgan fingerprint density at radius 3 is 2.43 bits per heavy atom. The third-order valence-electron chi connectivity index (χ3n) is 3.86. The zero-order valence-electron chi connectivity index (χ0n) is 14.6. The first-order chi connectivity index (χ1) is 10.7. The second kappa shape index (κ2) is 6.60. The van der Waals surface area contributed by atoms with Crippen molar-refractivity contribution in [1.82, 2.24) is 10.6 Å². The number of fused-ring (bicyclic) bond motifs is 1. The number of rotatable bonds is 3.